The molecule has 0 aliphatic carbocycles. The molecule has 3 rings (SSSR count). The van der Waals surface area contributed by atoms with Crippen LogP contribution in [-0.2, 0) is 17.8 Å². The van der Waals surface area contributed by atoms with Crippen LogP contribution in [0.15, 0.2) is 48.5 Å². The summed E-state index contributed by atoms with van der Waals surface area (Å²) in [7, 11) is 0. The first-order valence-electron chi connectivity index (χ1n) is 7.50. The highest BCUT2D eigenvalue weighted by molar-refractivity contribution is 6.30. The summed E-state index contributed by atoms with van der Waals surface area (Å²) in [5.74, 6) is 0.117. The Morgan fingerprint density at radius 1 is 1.23 bits per heavy atom. The van der Waals surface area contributed by atoms with E-state index in [1.54, 1.807) is 0 Å². The molecule has 3 nitrogen and oxygen atoms in total. The molecule has 2 aromatic rings. The molecule has 4 heteroatoms. The Balaban J connectivity index is 1.59. The molecule has 0 saturated heterocycles. The molecule has 1 aliphatic rings. The number of hydrogen-bond donors (Lipinski definition) is 1. The predicted octanol–water partition coefficient (Wildman–Crippen LogP) is 3.41. The third kappa shape index (κ3) is 3.16. The van der Waals surface area contributed by atoms with Gasteiger partial charge in [0.25, 0.3) is 0 Å². The van der Waals surface area contributed by atoms with Crippen molar-refractivity contribution in [3.63, 3.8) is 0 Å². The Morgan fingerprint density at radius 2 is 1.95 bits per heavy atom. The van der Waals surface area contributed by atoms with Crippen molar-refractivity contribution >= 4 is 23.2 Å². The molecule has 1 heterocycles. The van der Waals surface area contributed by atoms with Crippen LogP contribution in [0.1, 0.15) is 18.1 Å². The molecule has 1 aliphatic heterocycles. The Hall–Kier alpha value is -1.84. The fourth-order valence-corrected chi connectivity index (χ4v) is 3.07. The zero-order valence-corrected chi connectivity index (χ0v) is 13.3. The lowest BCUT2D eigenvalue weighted by Gasteiger charge is -2.23. The lowest BCUT2D eigenvalue weighted by molar-refractivity contribution is -0.118. The normalized spacial score (nSPS) is 16.6. The average molecular weight is 315 g/mol. The van der Waals surface area contributed by atoms with Gasteiger partial charge >= 0.3 is 0 Å². The Bertz CT molecular complexity index is 669. The van der Waals surface area contributed by atoms with E-state index >= 15 is 0 Å². The molecular formula is C18H19ClN2O. The Labute approximate surface area is 135 Å². The monoisotopic (exact) mass is 314 g/mol. The molecule has 0 saturated carbocycles. The topological polar surface area (TPSA) is 32.3 Å². The second-order valence-corrected chi connectivity index (χ2v) is 6.11. The zero-order valence-electron chi connectivity index (χ0n) is 12.6. The van der Waals surface area contributed by atoms with E-state index in [0.29, 0.717) is 13.1 Å². The molecule has 0 unspecified atom stereocenters. The largest absolute Gasteiger partial charge is 0.308 e. The molecule has 1 N–H and O–H groups in total. The van der Waals surface area contributed by atoms with Crippen molar-refractivity contribution < 1.29 is 4.79 Å². The summed E-state index contributed by atoms with van der Waals surface area (Å²) in [4.78, 5) is 14.4. The third-order valence-corrected chi connectivity index (χ3v) is 4.25. The lowest BCUT2D eigenvalue weighted by atomic mass is 10.1. The number of amides is 1. The number of anilines is 1. The maximum Gasteiger partial charge on any atom is 0.241 e. The smallest absolute Gasteiger partial charge is 0.241 e. The summed E-state index contributed by atoms with van der Waals surface area (Å²) in [6.45, 7) is 3.09. The van der Waals surface area contributed by atoms with Crippen LogP contribution in [-0.4, -0.2) is 18.5 Å². The van der Waals surface area contributed by atoms with Gasteiger partial charge in [0.05, 0.1) is 6.54 Å². The van der Waals surface area contributed by atoms with Crippen molar-refractivity contribution in [3.8, 4) is 0 Å². The van der Waals surface area contributed by atoms with Crippen LogP contribution in [0, 0.1) is 0 Å². The number of nitrogens with zero attached hydrogens (tertiary/aromatic N) is 1. The van der Waals surface area contributed by atoms with Gasteiger partial charge in [-0.15, -0.1) is 0 Å². The summed E-state index contributed by atoms with van der Waals surface area (Å²) in [5, 5.41) is 3.94. The van der Waals surface area contributed by atoms with Crippen molar-refractivity contribution in [2.24, 2.45) is 0 Å². The summed E-state index contributed by atoms with van der Waals surface area (Å²) in [5.41, 5.74) is 3.42. The number of carbonyl (C=O) groups excluding carboxylic acids is 1. The highest BCUT2D eigenvalue weighted by Gasteiger charge is 2.29. The van der Waals surface area contributed by atoms with Crippen LogP contribution in [0.5, 0.6) is 0 Å². The number of carbonyl (C=O) groups is 1. The first-order chi connectivity index (χ1) is 10.6. The van der Waals surface area contributed by atoms with E-state index in [-0.39, 0.29) is 11.9 Å². The van der Waals surface area contributed by atoms with E-state index in [1.165, 1.54) is 5.56 Å². The fourth-order valence-electron chi connectivity index (χ4n) is 2.95. The van der Waals surface area contributed by atoms with Crippen LogP contribution in [0.2, 0.25) is 5.02 Å². The minimum absolute atomic E-state index is 0.117. The van der Waals surface area contributed by atoms with Gasteiger partial charge < -0.3 is 10.2 Å². The van der Waals surface area contributed by atoms with Gasteiger partial charge in [-0.25, -0.2) is 0 Å². The average Bonchev–Trinajstić information content (AvgIpc) is 2.85. The van der Waals surface area contributed by atoms with Crippen molar-refractivity contribution in [2.45, 2.75) is 25.9 Å². The number of halogens is 1. The molecule has 0 spiro atoms. The van der Waals surface area contributed by atoms with Crippen LogP contribution in [0.4, 0.5) is 5.69 Å². The highest BCUT2D eigenvalue weighted by Crippen LogP contribution is 2.31. The van der Waals surface area contributed by atoms with Crippen LogP contribution in [0.25, 0.3) is 0 Å². The van der Waals surface area contributed by atoms with Gasteiger partial charge in [-0.1, -0.05) is 41.9 Å². The minimum Gasteiger partial charge on any atom is -0.308 e. The second-order valence-electron chi connectivity index (χ2n) is 5.68. The summed E-state index contributed by atoms with van der Waals surface area (Å²) in [6.07, 6.45) is 0.930. The number of rotatable bonds is 4. The maximum absolute atomic E-state index is 12.5. The van der Waals surface area contributed by atoms with Gasteiger partial charge in [-0.3, -0.25) is 4.79 Å². The molecule has 114 valence electrons. The van der Waals surface area contributed by atoms with E-state index in [4.69, 9.17) is 11.6 Å². The SMILES string of the molecule is C[C@@H]1Cc2ccccc2N1C(=O)CNCc1ccc(Cl)cc1. The van der Waals surface area contributed by atoms with Crippen molar-refractivity contribution in [2.75, 3.05) is 11.4 Å². The summed E-state index contributed by atoms with van der Waals surface area (Å²) in [6, 6.07) is 16.0. The maximum atomic E-state index is 12.5. The Morgan fingerprint density at radius 3 is 2.73 bits per heavy atom. The molecule has 0 radical (unpaired) electrons. The number of para-hydroxylation sites is 1. The fraction of sp³-hybridized carbons (Fsp3) is 0.278. The van der Waals surface area contributed by atoms with Crippen LogP contribution >= 0.6 is 11.6 Å². The van der Waals surface area contributed by atoms with Gasteiger partial charge in [-0.05, 0) is 42.7 Å². The van der Waals surface area contributed by atoms with E-state index in [9.17, 15) is 4.79 Å². The molecule has 0 aromatic heterocycles. The molecule has 1 atom stereocenters. The minimum atomic E-state index is 0.117. The lowest BCUT2D eigenvalue weighted by Crippen LogP contribution is -2.41. The molecule has 2 aromatic carbocycles. The van der Waals surface area contributed by atoms with Crippen molar-refractivity contribution in [1.82, 2.24) is 5.32 Å². The number of fused-ring (bicyclic) bond motifs is 1. The van der Waals surface area contributed by atoms with Gasteiger partial charge in [0.15, 0.2) is 0 Å². The molecule has 1 amide bonds. The summed E-state index contributed by atoms with van der Waals surface area (Å²) < 4.78 is 0. The predicted molar refractivity (Wildman–Crippen MR) is 90.3 cm³/mol. The first kappa shape index (κ1) is 15.1. The first-order valence-corrected chi connectivity index (χ1v) is 7.88. The van der Waals surface area contributed by atoms with E-state index in [0.717, 1.165) is 22.7 Å². The van der Waals surface area contributed by atoms with E-state index < -0.39 is 0 Å². The molecule has 22 heavy (non-hydrogen) atoms. The van der Waals surface area contributed by atoms with Crippen LogP contribution < -0.4 is 10.2 Å². The zero-order chi connectivity index (χ0) is 15.5. The van der Waals surface area contributed by atoms with Gasteiger partial charge in [0, 0.05) is 23.3 Å². The number of hydrogen-bond acceptors (Lipinski definition) is 2. The van der Waals surface area contributed by atoms with Crippen molar-refractivity contribution in [3.05, 3.63) is 64.7 Å². The Kier molecular flexibility index (Phi) is 4.46. The second kappa shape index (κ2) is 6.51. The van der Waals surface area contributed by atoms with E-state index in [1.807, 2.05) is 47.4 Å². The molecule has 0 fully saturated rings. The molecular weight excluding hydrogens is 296 g/mol. The summed E-state index contributed by atoms with van der Waals surface area (Å²) >= 11 is 5.86. The van der Waals surface area contributed by atoms with Gasteiger partial charge in [-0.2, -0.15) is 0 Å². The third-order valence-electron chi connectivity index (χ3n) is 3.99. The van der Waals surface area contributed by atoms with Gasteiger partial charge in [0.1, 0.15) is 0 Å². The number of nitrogens with one attached hydrogen (secondary N) is 1. The standard InChI is InChI=1S/C18H19ClN2O/c1-13-10-15-4-2-3-5-17(15)21(13)18(22)12-20-11-14-6-8-16(19)9-7-14/h2-9,13,20H,10-12H2,1H3/t13-/m1/s1. The highest BCUT2D eigenvalue weighted by atomic mass is 35.5. The van der Waals surface area contributed by atoms with Crippen LogP contribution in [0.3, 0.4) is 0 Å². The number of benzene rings is 2. The van der Waals surface area contributed by atoms with Gasteiger partial charge in [0.2, 0.25) is 5.91 Å². The van der Waals surface area contributed by atoms with Crippen molar-refractivity contribution in [1.29, 1.82) is 0 Å². The quantitative estimate of drug-likeness (QED) is 0.938. The van der Waals surface area contributed by atoms with E-state index in [2.05, 4.69) is 18.3 Å². The molecule has 0 bridgehead atoms.